The van der Waals surface area contributed by atoms with Crippen LogP contribution in [0.4, 0.5) is 0 Å². The topological polar surface area (TPSA) is 122 Å². The van der Waals surface area contributed by atoms with Crippen LogP contribution in [0.1, 0.15) is 27.2 Å². The Morgan fingerprint density at radius 2 is 1.76 bits per heavy atom. The molecule has 0 radical (unpaired) electrons. The number of amidine groups is 2. The van der Waals surface area contributed by atoms with Gasteiger partial charge in [0.05, 0.1) is 11.5 Å². The maximum absolute atomic E-state index is 12.6. The minimum absolute atomic E-state index is 0.0569. The quantitative estimate of drug-likeness (QED) is 0.603. The second-order valence-corrected chi connectivity index (χ2v) is 8.31. The zero-order valence-corrected chi connectivity index (χ0v) is 18.1. The van der Waals surface area contributed by atoms with E-state index in [1.54, 1.807) is 24.3 Å². The number of fused-ring (bicyclic) bond motifs is 1. The first-order valence-corrected chi connectivity index (χ1v) is 10.7. The van der Waals surface area contributed by atoms with Gasteiger partial charge in [-0.2, -0.15) is 15.1 Å². The fourth-order valence-corrected chi connectivity index (χ4v) is 4.20. The number of carboxylic acids is 1. The van der Waals surface area contributed by atoms with Gasteiger partial charge in [-0.3, -0.25) is 10.2 Å². The number of amides is 1. The molecule has 2 aliphatic heterocycles. The summed E-state index contributed by atoms with van der Waals surface area (Å²) < 4.78 is 5.79. The van der Waals surface area contributed by atoms with E-state index in [1.165, 1.54) is 35.0 Å². The number of benzene rings is 2. The van der Waals surface area contributed by atoms with Crippen LogP contribution in [0.2, 0.25) is 0 Å². The molecule has 2 aliphatic rings. The van der Waals surface area contributed by atoms with Gasteiger partial charge in [0.25, 0.3) is 5.91 Å². The number of hydrazone groups is 1. The molecular formula is C24H15N4O4S-. The van der Waals surface area contributed by atoms with Crippen LogP contribution in [0.3, 0.4) is 0 Å². The van der Waals surface area contributed by atoms with Crippen molar-refractivity contribution in [3.63, 3.8) is 0 Å². The summed E-state index contributed by atoms with van der Waals surface area (Å²) in [4.78, 5) is 27.6. The molecule has 1 N–H and O–H groups in total. The number of hydrogen-bond acceptors (Lipinski definition) is 7. The van der Waals surface area contributed by atoms with Gasteiger partial charge in [0.2, 0.25) is 5.17 Å². The first kappa shape index (κ1) is 20.7. The van der Waals surface area contributed by atoms with Gasteiger partial charge in [-0.15, -0.1) is 0 Å². The second-order valence-electron chi connectivity index (χ2n) is 7.36. The van der Waals surface area contributed by atoms with E-state index in [9.17, 15) is 14.7 Å². The summed E-state index contributed by atoms with van der Waals surface area (Å²) in [6.07, 6.45) is 1.45. The highest BCUT2D eigenvalue weighted by Crippen LogP contribution is 2.31. The lowest BCUT2D eigenvalue weighted by atomic mass is 10.1. The Morgan fingerprint density at radius 3 is 2.45 bits per heavy atom. The van der Waals surface area contributed by atoms with Crippen molar-refractivity contribution in [3.8, 4) is 11.3 Å². The fraction of sp³-hybridized carbons (Fsp3) is 0.0417. The van der Waals surface area contributed by atoms with E-state index in [1.807, 2.05) is 31.2 Å². The lowest BCUT2D eigenvalue weighted by Gasteiger charge is -2.19. The van der Waals surface area contributed by atoms with Crippen molar-refractivity contribution in [1.82, 2.24) is 5.01 Å². The number of carboxylic acid groups (broad SMARTS) is 1. The molecule has 5 rings (SSSR count). The third-order valence-corrected chi connectivity index (χ3v) is 6.03. The number of rotatable bonds is 4. The van der Waals surface area contributed by atoms with Crippen LogP contribution in [-0.2, 0) is 4.79 Å². The summed E-state index contributed by atoms with van der Waals surface area (Å²) >= 11 is 1.24. The SMILES string of the molecule is Cc1ccc(C2=NN3C(=N)/C(=C/c4ccc(-c5ccc(C(=O)[O-])cc5)o4)C(=O)N=C3S2)cc1. The molecule has 162 valence electrons. The van der Waals surface area contributed by atoms with Crippen molar-refractivity contribution >= 4 is 45.8 Å². The van der Waals surface area contributed by atoms with E-state index in [2.05, 4.69) is 10.1 Å². The van der Waals surface area contributed by atoms with E-state index < -0.39 is 11.9 Å². The molecule has 2 aromatic carbocycles. The first-order chi connectivity index (χ1) is 15.9. The number of thioether (sulfide) groups is 1. The summed E-state index contributed by atoms with van der Waals surface area (Å²) in [6.45, 7) is 1.99. The lowest BCUT2D eigenvalue weighted by molar-refractivity contribution is -0.255. The van der Waals surface area contributed by atoms with Gasteiger partial charge in [0, 0.05) is 11.1 Å². The predicted molar refractivity (Wildman–Crippen MR) is 124 cm³/mol. The van der Waals surface area contributed by atoms with E-state index in [0.29, 0.717) is 27.3 Å². The predicted octanol–water partition coefficient (Wildman–Crippen LogP) is 3.29. The molecule has 3 aromatic rings. The van der Waals surface area contributed by atoms with Gasteiger partial charge in [0.1, 0.15) is 16.6 Å². The van der Waals surface area contributed by atoms with Gasteiger partial charge < -0.3 is 14.3 Å². The van der Waals surface area contributed by atoms with E-state index in [4.69, 9.17) is 9.83 Å². The van der Waals surface area contributed by atoms with E-state index >= 15 is 0 Å². The smallest absolute Gasteiger partial charge is 0.283 e. The van der Waals surface area contributed by atoms with Crippen LogP contribution in [-0.4, -0.2) is 32.9 Å². The summed E-state index contributed by atoms with van der Waals surface area (Å²) in [6, 6.07) is 17.2. The molecule has 0 saturated heterocycles. The molecule has 33 heavy (non-hydrogen) atoms. The third-order valence-electron chi connectivity index (χ3n) is 5.07. The molecule has 0 spiro atoms. The van der Waals surface area contributed by atoms with Gasteiger partial charge in [-0.05, 0) is 42.5 Å². The molecule has 3 heterocycles. The van der Waals surface area contributed by atoms with Crippen LogP contribution in [0.25, 0.3) is 17.4 Å². The number of hydrogen-bond donors (Lipinski definition) is 1. The Balaban J connectivity index is 1.41. The monoisotopic (exact) mass is 455 g/mol. The average Bonchev–Trinajstić information content (AvgIpc) is 3.45. The molecule has 0 aliphatic carbocycles. The number of furan rings is 1. The van der Waals surface area contributed by atoms with Gasteiger partial charge in [0.15, 0.2) is 5.84 Å². The highest BCUT2D eigenvalue weighted by molar-refractivity contribution is 8.27. The van der Waals surface area contributed by atoms with Crippen molar-refractivity contribution in [3.05, 3.63) is 88.7 Å². The summed E-state index contributed by atoms with van der Waals surface area (Å²) in [5, 5.41) is 26.2. The average molecular weight is 455 g/mol. The third kappa shape index (κ3) is 3.90. The highest BCUT2D eigenvalue weighted by Gasteiger charge is 2.36. The molecule has 0 unspecified atom stereocenters. The molecule has 0 bridgehead atoms. The Hall–Kier alpha value is -4.24. The Bertz CT molecular complexity index is 1400. The minimum atomic E-state index is -1.26. The first-order valence-electron chi connectivity index (χ1n) is 9.88. The highest BCUT2D eigenvalue weighted by atomic mass is 32.2. The van der Waals surface area contributed by atoms with Crippen molar-refractivity contribution in [2.45, 2.75) is 6.92 Å². The maximum Gasteiger partial charge on any atom is 0.283 e. The van der Waals surface area contributed by atoms with Crippen LogP contribution in [0.15, 0.2) is 80.7 Å². The number of nitrogens with one attached hydrogen (secondary N) is 1. The van der Waals surface area contributed by atoms with E-state index in [-0.39, 0.29) is 17.0 Å². The zero-order valence-electron chi connectivity index (χ0n) is 17.2. The molecule has 9 heteroatoms. The van der Waals surface area contributed by atoms with Crippen LogP contribution >= 0.6 is 11.8 Å². The molecule has 0 atom stereocenters. The minimum Gasteiger partial charge on any atom is -0.545 e. The zero-order chi connectivity index (χ0) is 23.1. The fourth-order valence-electron chi connectivity index (χ4n) is 3.30. The largest absolute Gasteiger partial charge is 0.545 e. The molecule has 8 nitrogen and oxygen atoms in total. The van der Waals surface area contributed by atoms with Gasteiger partial charge >= 0.3 is 0 Å². The molecule has 1 aromatic heterocycles. The van der Waals surface area contributed by atoms with Gasteiger partial charge in [-0.1, -0.05) is 54.1 Å². The number of nitrogens with zero attached hydrogens (tertiary/aromatic N) is 3. The number of aryl methyl sites for hydroxylation is 1. The van der Waals surface area contributed by atoms with Gasteiger partial charge in [-0.25, -0.2) is 0 Å². The normalized spacial score (nSPS) is 16.6. The van der Waals surface area contributed by atoms with Crippen LogP contribution in [0, 0.1) is 12.3 Å². The maximum atomic E-state index is 12.6. The summed E-state index contributed by atoms with van der Waals surface area (Å²) in [7, 11) is 0. The lowest BCUT2D eigenvalue weighted by Crippen LogP contribution is -2.35. The summed E-state index contributed by atoms with van der Waals surface area (Å²) in [5.41, 5.74) is 2.79. The number of carbonyl (C=O) groups excluding carboxylic acids is 2. The standard InChI is InChI=1S/C24H16N4O4S/c1-13-2-4-15(5-3-13)22-27-28-20(25)18(21(29)26-24(28)33-22)12-17-10-11-19(32-17)14-6-8-16(9-7-14)23(30)31/h2-12,25H,1H3,(H,30,31)/p-1/b18-12-,25-20?. The van der Waals surface area contributed by atoms with Crippen LogP contribution < -0.4 is 5.11 Å². The van der Waals surface area contributed by atoms with Crippen molar-refractivity contribution in [2.75, 3.05) is 0 Å². The summed E-state index contributed by atoms with van der Waals surface area (Å²) in [5.74, 6) is -1.04. The van der Waals surface area contributed by atoms with Crippen molar-refractivity contribution in [2.24, 2.45) is 10.1 Å². The Labute approximate surface area is 192 Å². The molecule has 0 saturated carbocycles. The number of carbonyl (C=O) groups is 2. The molecular weight excluding hydrogens is 440 g/mol. The Morgan fingerprint density at radius 1 is 1.06 bits per heavy atom. The second kappa shape index (κ2) is 8.03. The van der Waals surface area contributed by atoms with Crippen molar-refractivity contribution < 1.29 is 19.1 Å². The molecule has 1 amide bonds. The molecule has 0 fully saturated rings. The number of aromatic carboxylic acids is 1. The van der Waals surface area contributed by atoms with E-state index in [0.717, 1.165) is 11.1 Å². The Kier molecular flexibility index (Phi) is 5.02. The number of aliphatic imine (C=N–C) groups is 1. The van der Waals surface area contributed by atoms with Crippen LogP contribution in [0.5, 0.6) is 0 Å². The van der Waals surface area contributed by atoms with Crippen molar-refractivity contribution in [1.29, 1.82) is 5.41 Å².